The van der Waals surface area contributed by atoms with Crippen LogP contribution in [0, 0.1) is 16.0 Å². The summed E-state index contributed by atoms with van der Waals surface area (Å²) in [4.78, 5) is 12.3. The number of benzene rings is 1. The number of nitrogens with zero attached hydrogens (tertiary/aromatic N) is 2. The van der Waals surface area contributed by atoms with Gasteiger partial charge in [-0.3, -0.25) is 10.1 Å². The van der Waals surface area contributed by atoms with Gasteiger partial charge in [0.25, 0.3) is 5.69 Å². The molecule has 3 aliphatic heterocycles. The molecule has 106 valence electrons. The number of non-ortho nitro benzene ring substituents is 1. The molecule has 1 aromatic rings. The minimum atomic E-state index is -1.83. The van der Waals surface area contributed by atoms with Crippen LogP contribution in [-0.2, 0) is 0 Å². The molecule has 20 heavy (non-hydrogen) atoms. The number of nitro benzene ring substituents is 1. The second kappa shape index (κ2) is 4.57. The van der Waals surface area contributed by atoms with Crippen molar-refractivity contribution in [2.24, 2.45) is 5.92 Å². The Hall–Kier alpha value is -1.92. The molecule has 1 aromatic carbocycles. The number of fused-ring (bicyclic) bond motifs is 3. The maximum absolute atomic E-state index is 10.8. The summed E-state index contributed by atoms with van der Waals surface area (Å²) in [6.45, 7) is 1.60. The average Bonchev–Trinajstić information content (AvgIpc) is 2.44. The molecular weight excluding hydrogens is 260 g/mol. The predicted octanol–water partition coefficient (Wildman–Crippen LogP) is 1.34. The molecule has 0 radical (unpaired) electrons. The van der Waals surface area contributed by atoms with Crippen molar-refractivity contribution in [1.29, 1.82) is 0 Å². The third kappa shape index (κ3) is 2.07. The molecule has 3 heterocycles. The van der Waals surface area contributed by atoms with Crippen molar-refractivity contribution in [3.63, 3.8) is 0 Å². The minimum absolute atomic E-state index is 0.00296. The molecule has 4 rings (SSSR count). The summed E-state index contributed by atoms with van der Waals surface area (Å²) in [5.41, 5.74) is 1.05. The fourth-order valence-electron chi connectivity index (χ4n) is 3.05. The zero-order valence-corrected chi connectivity index (χ0v) is 10.9. The van der Waals surface area contributed by atoms with Crippen molar-refractivity contribution in [3.05, 3.63) is 45.6 Å². The van der Waals surface area contributed by atoms with E-state index in [0.29, 0.717) is 11.3 Å². The van der Waals surface area contributed by atoms with Crippen LogP contribution in [-0.4, -0.2) is 38.9 Å². The summed E-state index contributed by atoms with van der Waals surface area (Å²) >= 11 is 0. The molecular formula is C14H16N2O4. The van der Waals surface area contributed by atoms with Crippen LogP contribution in [0.5, 0.6) is 0 Å². The third-order valence-corrected chi connectivity index (χ3v) is 4.17. The molecule has 2 N–H and O–H groups in total. The van der Waals surface area contributed by atoms with Gasteiger partial charge in [0.15, 0.2) is 0 Å². The quantitative estimate of drug-likeness (QED) is 0.483. The van der Waals surface area contributed by atoms with E-state index >= 15 is 0 Å². The average molecular weight is 276 g/mol. The lowest BCUT2D eigenvalue weighted by Crippen LogP contribution is -2.57. The van der Waals surface area contributed by atoms with Gasteiger partial charge in [-0.1, -0.05) is 12.1 Å². The van der Waals surface area contributed by atoms with E-state index in [1.807, 2.05) is 4.90 Å². The minimum Gasteiger partial charge on any atom is -0.370 e. The van der Waals surface area contributed by atoms with Crippen LogP contribution < -0.4 is 0 Å². The Balaban J connectivity index is 1.99. The maximum Gasteiger partial charge on any atom is 0.270 e. The van der Waals surface area contributed by atoms with E-state index in [0.717, 1.165) is 25.9 Å². The highest BCUT2D eigenvalue weighted by Gasteiger charge is 2.48. The van der Waals surface area contributed by atoms with Crippen molar-refractivity contribution in [1.82, 2.24) is 4.90 Å². The van der Waals surface area contributed by atoms with Gasteiger partial charge in [-0.05, 0) is 24.5 Å². The highest BCUT2D eigenvalue weighted by Crippen LogP contribution is 2.41. The molecule has 6 nitrogen and oxygen atoms in total. The van der Waals surface area contributed by atoms with E-state index in [4.69, 9.17) is 0 Å². The Bertz CT molecular complexity index is 574. The van der Waals surface area contributed by atoms with Gasteiger partial charge in [0, 0.05) is 31.1 Å². The fourth-order valence-corrected chi connectivity index (χ4v) is 3.05. The van der Waals surface area contributed by atoms with Gasteiger partial charge >= 0.3 is 0 Å². The number of hydrogen-bond acceptors (Lipinski definition) is 5. The summed E-state index contributed by atoms with van der Waals surface area (Å²) < 4.78 is 0. The van der Waals surface area contributed by atoms with Gasteiger partial charge in [0.05, 0.1) is 10.6 Å². The maximum atomic E-state index is 10.8. The molecule has 0 saturated carbocycles. The second-order valence-corrected chi connectivity index (χ2v) is 5.37. The van der Waals surface area contributed by atoms with Crippen LogP contribution in [0.1, 0.15) is 18.4 Å². The Kier molecular flexibility index (Phi) is 2.99. The second-order valence-electron chi connectivity index (χ2n) is 5.37. The Morgan fingerprint density at radius 1 is 1.35 bits per heavy atom. The van der Waals surface area contributed by atoms with Crippen molar-refractivity contribution in [3.8, 4) is 0 Å². The largest absolute Gasteiger partial charge is 0.370 e. The van der Waals surface area contributed by atoms with Crippen molar-refractivity contribution in [2.45, 2.75) is 18.6 Å². The van der Waals surface area contributed by atoms with Crippen LogP contribution in [0.4, 0.5) is 5.69 Å². The van der Waals surface area contributed by atoms with Gasteiger partial charge in [0.2, 0.25) is 5.79 Å². The van der Waals surface area contributed by atoms with Crippen LogP contribution >= 0.6 is 0 Å². The van der Waals surface area contributed by atoms with Crippen molar-refractivity contribution >= 4 is 11.8 Å². The molecule has 0 amide bonds. The fraction of sp³-hybridized carbons (Fsp3) is 0.429. The lowest BCUT2D eigenvalue weighted by atomic mass is 9.80. The van der Waals surface area contributed by atoms with Crippen molar-refractivity contribution in [2.75, 3.05) is 13.1 Å². The van der Waals surface area contributed by atoms with Gasteiger partial charge in [-0.25, -0.2) is 0 Å². The molecule has 0 aromatic heterocycles. The van der Waals surface area contributed by atoms with E-state index in [9.17, 15) is 20.3 Å². The molecule has 3 fully saturated rings. The van der Waals surface area contributed by atoms with Gasteiger partial charge in [0.1, 0.15) is 0 Å². The molecule has 3 saturated heterocycles. The van der Waals surface area contributed by atoms with Gasteiger partial charge in [-0.2, -0.15) is 0 Å². The van der Waals surface area contributed by atoms with E-state index < -0.39 is 10.7 Å². The van der Waals surface area contributed by atoms with Crippen LogP contribution in [0.2, 0.25) is 0 Å². The summed E-state index contributed by atoms with van der Waals surface area (Å²) in [6.07, 6.45) is 3.16. The molecule has 0 aliphatic carbocycles. The first-order chi connectivity index (χ1) is 9.48. The molecule has 2 bridgehead atoms. The molecule has 0 spiro atoms. The smallest absolute Gasteiger partial charge is 0.270 e. The molecule has 3 aliphatic rings. The van der Waals surface area contributed by atoms with Crippen LogP contribution in [0.25, 0.3) is 6.08 Å². The van der Waals surface area contributed by atoms with Crippen LogP contribution in [0.15, 0.2) is 30.0 Å². The number of rotatable bonds is 2. The highest BCUT2D eigenvalue weighted by molar-refractivity contribution is 5.57. The van der Waals surface area contributed by atoms with E-state index in [1.54, 1.807) is 18.2 Å². The van der Waals surface area contributed by atoms with E-state index in [2.05, 4.69) is 0 Å². The molecule has 0 unspecified atom stereocenters. The van der Waals surface area contributed by atoms with E-state index in [1.165, 1.54) is 12.1 Å². The lowest BCUT2D eigenvalue weighted by Gasteiger charge is -2.50. The van der Waals surface area contributed by atoms with Gasteiger partial charge < -0.3 is 15.1 Å². The first kappa shape index (κ1) is 13.1. The normalized spacial score (nSPS) is 23.3. The Morgan fingerprint density at radius 2 is 2.05 bits per heavy atom. The zero-order chi connectivity index (χ0) is 14.3. The topological polar surface area (TPSA) is 86.8 Å². The van der Waals surface area contributed by atoms with Crippen molar-refractivity contribution < 1.29 is 15.1 Å². The first-order valence-electron chi connectivity index (χ1n) is 6.65. The predicted molar refractivity (Wildman–Crippen MR) is 72.5 cm³/mol. The van der Waals surface area contributed by atoms with Gasteiger partial charge in [-0.15, -0.1) is 0 Å². The third-order valence-electron chi connectivity index (χ3n) is 4.17. The molecule has 6 heteroatoms. The summed E-state index contributed by atoms with van der Waals surface area (Å²) in [5, 5.41) is 31.3. The summed E-state index contributed by atoms with van der Waals surface area (Å²) in [7, 11) is 0. The Labute approximate surface area is 116 Å². The SMILES string of the molecule is O=[N+]([O-])c1cccc(C=C2N3CCC(CC3)C2(O)O)c1. The standard InChI is InChI=1S/C14H16N2O4/c17-14(18)11-4-6-15(7-5-11)13(14)9-10-2-1-3-12(8-10)16(19)20/h1-3,8-9,11,17-18H,4-7H2. The number of piperidine rings is 3. The summed E-state index contributed by atoms with van der Waals surface area (Å²) in [5.74, 6) is -1.99. The van der Waals surface area contributed by atoms with E-state index in [-0.39, 0.29) is 11.6 Å². The van der Waals surface area contributed by atoms with Crippen LogP contribution in [0.3, 0.4) is 0 Å². The highest BCUT2D eigenvalue weighted by atomic mass is 16.6. The Morgan fingerprint density at radius 3 is 2.65 bits per heavy atom. The lowest BCUT2D eigenvalue weighted by molar-refractivity contribution is -0.384. The monoisotopic (exact) mass is 276 g/mol. The number of nitro groups is 1. The molecule has 0 atom stereocenters. The zero-order valence-electron chi connectivity index (χ0n) is 10.9. The number of aliphatic hydroxyl groups is 2. The summed E-state index contributed by atoms with van der Waals surface area (Å²) in [6, 6.07) is 6.17. The number of hydrogen-bond donors (Lipinski definition) is 2. The first-order valence-corrected chi connectivity index (χ1v) is 6.65.